The van der Waals surface area contributed by atoms with E-state index in [9.17, 15) is 31.1 Å². The largest absolute Gasteiger partial charge is 0.436 e. The van der Waals surface area contributed by atoms with E-state index in [1.54, 1.807) is 0 Å². The Morgan fingerprint density at radius 2 is 1.65 bits per heavy atom. The maximum atomic E-state index is 13.2. The van der Waals surface area contributed by atoms with Crippen molar-refractivity contribution in [2.45, 2.75) is 25.3 Å². The summed E-state index contributed by atoms with van der Waals surface area (Å²) in [4.78, 5) is 17.6. The Bertz CT molecular complexity index is 1000. The Balaban J connectivity index is 2.14. The molecule has 0 aliphatic rings. The van der Waals surface area contributed by atoms with Crippen molar-refractivity contribution in [3.8, 4) is 0 Å². The number of rotatable bonds is 2. The molecule has 0 aliphatic carbocycles. The number of aromatic nitrogens is 4. The number of hydrogen-bond donors (Lipinski definition) is 1. The molecule has 0 radical (unpaired) electrons. The molecule has 1 aromatic carbocycles. The molecule has 0 bridgehead atoms. The van der Waals surface area contributed by atoms with Crippen molar-refractivity contribution in [2.75, 3.05) is 0 Å². The Hall–Kier alpha value is -2.85. The first-order chi connectivity index (χ1) is 12.0. The Morgan fingerprint density at radius 1 is 1.04 bits per heavy atom. The van der Waals surface area contributed by atoms with Crippen molar-refractivity contribution in [3.05, 3.63) is 57.8 Å². The van der Waals surface area contributed by atoms with Crippen LogP contribution < -0.4 is 5.56 Å². The van der Waals surface area contributed by atoms with Crippen LogP contribution in [0.2, 0.25) is 0 Å². The van der Waals surface area contributed by atoms with E-state index in [1.807, 2.05) is 0 Å². The summed E-state index contributed by atoms with van der Waals surface area (Å²) in [7, 11) is 0. The van der Waals surface area contributed by atoms with Gasteiger partial charge in [0.25, 0.3) is 5.56 Å². The molecule has 0 spiro atoms. The highest BCUT2D eigenvalue weighted by atomic mass is 19.4. The van der Waals surface area contributed by atoms with Crippen LogP contribution in [0.3, 0.4) is 0 Å². The van der Waals surface area contributed by atoms with Crippen LogP contribution in [0, 0.1) is 0 Å². The number of alkyl halides is 6. The zero-order valence-corrected chi connectivity index (χ0v) is 13.0. The first kappa shape index (κ1) is 18.0. The normalized spacial score (nSPS) is 14.0. The predicted octanol–water partition coefficient (Wildman–Crippen LogP) is 3.77. The van der Waals surface area contributed by atoms with Crippen LogP contribution in [0.15, 0.2) is 35.4 Å². The lowest BCUT2D eigenvalue weighted by atomic mass is 10.1. The Kier molecular flexibility index (Phi) is 4.04. The molecule has 0 fully saturated rings. The van der Waals surface area contributed by atoms with Gasteiger partial charge in [-0.2, -0.15) is 31.4 Å². The van der Waals surface area contributed by atoms with Gasteiger partial charge in [-0.05, 0) is 24.6 Å². The molecule has 1 atom stereocenters. The molecule has 2 heterocycles. The van der Waals surface area contributed by atoms with E-state index < -0.39 is 40.6 Å². The van der Waals surface area contributed by atoms with E-state index in [-0.39, 0.29) is 11.2 Å². The third kappa shape index (κ3) is 3.04. The number of nitrogens with zero attached hydrogens (tertiary/aromatic N) is 3. The molecule has 138 valence electrons. The summed E-state index contributed by atoms with van der Waals surface area (Å²) >= 11 is 0. The van der Waals surface area contributed by atoms with Gasteiger partial charge in [-0.1, -0.05) is 12.1 Å². The molecule has 0 saturated carbocycles. The van der Waals surface area contributed by atoms with E-state index in [0.717, 1.165) is 35.3 Å². The summed E-state index contributed by atoms with van der Waals surface area (Å²) in [5.41, 5.74) is -3.33. The second-order valence-electron chi connectivity index (χ2n) is 5.52. The van der Waals surface area contributed by atoms with Gasteiger partial charge in [0.2, 0.25) is 0 Å². The van der Waals surface area contributed by atoms with Crippen molar-refractivity contribution < 1.29 is 26.3 Å². The van der Waals surface area contributed by atoms with Crippen LogP contribution in [0.1, 0.15) is 29.8 Å². The van der Waals surface area contributed by atoms with Crippen molar-refractivity contribution in [2.24, 2.45) is 0 Å². The van der Waals surface area contributed by atoms with E-state index in [2.05, 4.69) is 15.1 Å². The van der Waals surface area contributed by atoms with Gasteiger partial charge in [0, 0.05) is 0 Å². The maximum absolute atomic E-state index is 13.2. The number of halogens is 6. The number of hydrogen-bond acceptors (Lipinski definition) is 3. The molecule has 2 aromatic heterocycles. The summed E-state index contributed by atoms with van der Waals surface area (Å²) in [6.45, 7) is 1.44. The predicted molar refractivity (Wildman–Crippen MR) is 78.4 cm³/mol. The van der Waals surface area contributed by atoms with Gasteiger partial charge in [0.1, 0.15) is 5.39 Å². The fourth-order valence-corrected chi connectivity index (χ4v) is 2.54. The molecule has 1 unspecified atom stereocenters. The van der Waals surface area contributed by atoms with Crippen LogP contribution in [0.5, 0.6) is 0 Å². The topological polar surface area (TPSA) is 63.6 Å². The molecule has 0 saturated heterocycles. The van der Waals surface area contributed by atoms with Crippen molar-refractivity contribution in [3.63, 3.8) is 0 Å². The van der Waals surface area contributed by atoms with Gasteiger partial charge in [-0.3, -0.25) is 4.79 Å². The minimum Gasteiger partial charge on any atom is -0.312 e. The Morgan fingerprint density at radius 3 is 2.19 bits per heavy atom. The highest BCUT2D eigenvalue weighted by Gasteiger charge is 2.39. The smallest absolute Gasteiger partial charge is 0.312 e. The van der Waals surface area contributed by atoms with E-state index in [0.29, 0.717) is 0 Å². The second kappa shape index (κ2) is 5.85. The number of fused-ring (bicyclic) bond motifs is 1. The summed E-state index contributed by atoms with van der Waals surface area (Å²) in [5.74, 6) is 0. The van der Waals surface area contributed by atoms with Gasteiger partial charge in [0.15, 0.2) is 11.3 Å². The number of nitrogens with one attached hydrogen (secondary N) is 1. The van der Waals surface area contributed by atoms with E-state index in [1.165, 1.54) is 6.92 Å². The van der Waals surface area contributed by atoms with Gasteiger partial charge in [0.05, 0.1) is 17.9 Å². The second-order valence-corrected chi connectivity index (χ2v) is 5.52. The van der Waals surface area contributed by atoms with Gasteiger partial charge in [-0.15, -0.1) is 0 Å². The van der Waals surface area contributed by atoms with E-state index in [4.69, 9.17) is 0 Å². The fourth-order valence-electron chi connectivity index (χ4n) is 2.54. The lowest BCUT2D eigenvalue weighted by molar-refractivity contribution is -0.140. The highest BCUT2D eigenvalue weighted by molar-refractivity contribution is 5.77. The summed E-state index contributed by atoms with van der Waals surface area (Å²) in [6.07, 6.45) is -8.49. The third-order valence-corrected chi connectivity index (χ3v) is 3.85. The fraction of sp³-hybridized carbons (Fsp3) is 0.267. The van der Waals surface area contributed by atoms with Crippen LogP contribution in [0.4, 0.5) is 26.3 Å². The zero-order chi connectivity index (χ0) is 19.3. The molecule has 0 amide bonds. The zero-order valence-electron chi connectivity index (χ0n) is 13.0. The minimum absolute atomic E-state index is 0.276. The summed E-state index contributed by atoms with van der Waals surface area (Å²) in [5, 5.41) is 2.73. The van der Waals surface area contributed by atoms with Gasteiger partial charge >= 0.3 is 12.4 Å². The van der Waals surface area contributed by atoms with E-state index >= 15 is 0 Å². The number of benzene rings is 1. The van der Waals surface area contributed by atoms with Crippen molar-refractivity contribution in [1.82, 2.24) is 19.7 Å². The number of H-pyrrole nitrogens is 1. The van der Waals surface area contributed by atoms with Crippen molar-refractivity contribution >= 4 is 11.0 Å². The molecule has 3 rings (SSSR count). The SMILES string of the molecule is CC(c1ccc(C(F)(F)F)cc1)n1nc(C(F)(F)F)c2c(=O)[nH]cnc21. The lowest BCUT2D eigenvalue weighted by Gasteiger charge is -2.14. The molecule has 3 aromatic rings. The molecular formula is C15H10F6N4O. The van der Waals surface area contributed by atoms with Crippen LogP contribution in [0.25, 0.3) is 11.0 Å². The maximum Gasteiger partial charge on any atom is 0.436 e. The standard InChI is InChI=1S/C15H10F6N4O/c1-7(8-2-4-9(5-3-8)14(16,17)18)25-12-10(13(26)23-6-22-12)11(24-25)15(19,20)21/h2-7H,1H3,(H,22,23,26). The van der Waals surface area contributed by atoms with Crippen molar-refractivity contribution in [1.29, 1.82) is 0 Å². The third-order valence-electron chi connectivity index (χ3n) is 3.85. The summed E-state index contributed by atoms with van der Waals surface area (Å²) in [6, 6.07) is 3.04. The molecule has 1 N–H and O–H groups in total. The first-order valence-electron chi connectivity index (χ1n) is 7.20. The molecule has 0 aliphatic heterocycles. The summed E-state index contributed by atoms with van der Waals surface area (Å²) < 4.78 is 78.3. The molecule has 5 nitrogen and oxygen atoms in total. The molecule has 11 heteroatoms. The number of aromatic amines is 1. The lowest BCUT2D eigenvalue weighted by Crippen LogP contribution is -2.13. The minimum atomic E-state index is -4.89. The monoisotopic (exact) mass is 376 g/mol. The molecular weight excluding hydrogens is 366 g/mol. The molecule has 26 heavy (non-hydrogen) atoms. The van der Waals surface area contributed by atoms with Crippen LogP contribution in [-0.4, -0.2) is 19.7 Å². The van der Waals surface area contributed by atoms with Crippen LogP contribution >= 0.6 is 0 Å². The highest BCUT2D eigenvalue weighted by Crippen LogP contribution is 2.34. The van der Waals surface area contributed by atoms with Gasteiger partial charge < -0.3 is 4.98 Å². The average molecular weight is 376 g/mol. The van der Waals surface area contributed by atoms with Gasteiger partial charge in [-0.25, -0.2) is 9.67 Å². The quantitative estimate of drug-likeness (QED) is 0.693. The average Bonchev–Trinajstić information content (AvgIpc) is 2.95. The first-order valence-corrected chi connectivity index (χ1v) is 7.20. The van der Waals surface area contributed by atoms with Crippen LogP contribution in [-0.2, 0) is 12.4 Å². The Labute approximate surface area is 141 Å².